The molecule has 0 fully saturated rings. The van der Waals surface area contributed by atoms with Crippen LogP contribution in [0.4, 0.5) is 5.69 Å². The lowest BCUT2D eigenvalue weighted by atomic mass is 10.2. The van der Waals surface area contributed by atoms with E-state index < -0.39 is 27.0 Å². The summed E-state index contributed by atoms with van der Waals surface area (Å²) in [4.78, 5) is 36.2. The van der Waals surface area contributed by atoms with Crippen LogP contribution in [0.2, 0.25) is 0 Å². The number of benzene rings is 2. The molecule has 0 aliphatic heterocycles. The minimum Gasteiger partial charge on any atom is -0.408 e. The zero-order valence-corrected chi connectivity index (χ0v) is 17.2. The summed E-state index contributed by atoms with van der Waals surface area (Å²) < 4.78 is 36.9. The zero-order valence-electron chi connectivity index (χ0n) is 16.4. The van der Waals surface area contributed by atoms with E-state index >= 15 is 0 Å². The fourth-order valence-corrected chi connectivity index (χ4v) is 4.46. The lowest BCUT2D eigenvalue weighted by Crippen LogP contribution is -2.37. The van der Waals surface area contributed by atoms with Gasteiger partial charge in [-0.15, -0.1) is 0 Å². The highest BCUT2D eigenvalue weighted by atomic mass is 32.2. The van der Waals surface area contributed by atoms with Crippen molar-refractivity contribution >= 4 is 37.7 Å². The molecule has 156 valence electrons. The van der Waals surface area contributed by atoms with Crippen LogP contribution in [0.1, 0.15) is 6.92 Å². The second kappa shape index (κ2) is 6.73. The van der Waals surface area contributed by atoms with Gasteiger partial charge >= 0.3 is 11.4 Å². The molecule has 0 radical (unpaired) electrons. The molecule has 1 N–H and O–H groups in total. The quantitative estimate of drug-likeness (QED) is 0.514. The molecule has 2 aromatic heterocycles. The number of oxazole rings is 1. The minimum atomic E-state index is -4.05. The molecule has 0 aliphatic carbocycles. The molecule has 0 atom stereocenters. The molecule has 0 aliphatic rings. The Morgan fingerprint density at radius 3 is 2.37 bits per heavy atom. The fourth-order valence-electron chi connectivity index (χ4n) is 3.39. The Bertz CT molecular complexity index is 1600. The molecule has 10 nitrogen and oxygen atoms in total. The lowest BCUT2D eigenvalue weighted by Gasteiger charge is -2.11. The molecule has 2 aromatic carbocycles. The molecule has 0 spiro atoms. The summed E-state index contributed by atoms with van der Waals surface area (Å²) >= 11 is 0. The molecule has 4 rings (SSSR count). The number of nitrogens with zero attached hydrogens (tertiary/aromatic N) is 3. The van der Waals surface area contributed by atoms with Gasteiger partial charge in [0.05, 0.1) is 27.0 Å². The van der Waals surface area contributed by atoms with Crippen LogP contribution in [0.25, 0.3) is 22.0 Å². The van der Waals surface area contributed by atoms with Gasteiger partial charge in [-0.25, -0.2) is 18.0 Å². The van der Waals surface area contributed by atoms with E-state index in [-0.39, 0.29) is 21.6 Å². The van der Waals surface area contributed by atoms with E-state index in [2.05, 4.69) is 4.72 Å². The molecule has 0 unspecified atom stereocenters. The van der Waals surface area contributed by atoms with Crippen LogP contribution in [0, 0.1) is 0 Å². The van der Waals surface area contributed by atoms with Gasteiger partial charge in [0.1, 0.15) is 0 Å². The number of hydrogen-bond donors (Lipinski definition) is 1. The van der Waals surface area contributed by atoms with Crippen molar-refractivity contribution in [1.82, 2.24) is 13.7 Å². The average molecular weight is 430 g/mol. The van der Waals surface area contributed by atoms with Crippen molar-refractivity contribution in [1.29, 1.82) is 0 Å². The SMILES string of the molecule is CCn1c(=O)oc2cc(NS(=O)(=O)c3ccc4c(c3)c(=O)n(C)c(=O)n4C)ccc21. The standard InChI is InChI=1S/C19H18N4O6S/c1-4-23-15-7-5-11(9-16(15)29-19(23)26)20-30(27,28)12-6-8-14-13(10-12)17(24)22(3)18(25)21(14)2/h5-10,20H,4H2,1-3H3. The van der Waals surface area contributed by atoms with Gasteiger partial charge in [0.2, 0.25) is 0 Å². The third-order valence-corrected chi connectivity index (χ3v) is 6.36. The van der Waals surface area contributed by atoms with Gasteiger partial charge in [-0.3, -0.25) is 23.2 Å². The monoisotopic (exact) mass is 430 g/mol. The zero-order chi connectivity index (χ0) is 21.8. The molecule has 30 heavy (non-hydrogen) atoms. The molecular weight excluding hydrogens is 412 g/mol. The largest absolute Gasteiger partial charge is 0.419 e. The van der Waals surface area contributed by atoms with Crippen molar-refractivity contribution in [2.45, 2.75) is 18.4 Å². The van der Waals surface area contributed by atoms with Crippen molar-refractivity contribution in [2.24, 2.45) is 14.1 Å². The Balaban J connectivity index is 1.80. The number of anilines is 1. The number of rotatable bonds is 4. The Labute approximate surface area is 169 Å². The number of nitrogens with one attached hydrogen (secondary N) is 1. The van der Waals surface area contributed by atoms with E-state index in [1.54, 1.807) is 13.0 Å². The van der Waals surface area contributed by atoms with Crippen molar-refractivity contribution in [3.8, 4) is 0 Å². The maximum absolute atomic E-state index is 12.9. The predicted octanol–water partition coefficient (Wildman–Crippen LogP) is 0.966. The second-order valence-electron chi connectivity index (χ2n) is 6.78. The van der Waals surface area contributed by atoms with E-state index in [0.29, 0.717) is 17.6 Å². The predicted molar refractivity (Wildman–Crippen MR) is 111 cm³/mol. The Morgan fingerprint density at radius 1 is 0.967 bits per heavy atom. The van der Waals surface area contributed by atoms with Gasteiger partial charge in [0.25, 0.3) is 15.6 Å². The first-order chi connectivity index (χ1) is 14.1. The van der Waals surface area contributed by atoms with E-state index in [9.17, 15) is 22.8 Å². The van der Waals surface area contributed by atoms with Gasteiger partial charge in [0.15, 0.2) is 5.58 Å². The smallest absolute Gasteiger partial charge is 0.408 e. The van der Waals surface area contributed by atoms with Crippen LogP contribution in [0.3, 0.4) is 0 Å². The van der Waals surface area contributed by atoms with Gasteiger partial charge < -0.3 is 4.42 Å². The third kappa shape index (κ3) is 2.94. The highest BCUT2D eigenvalue weighted by Gasteiger charge is 2.18. The number of aryl methyl sites for hydroxylation is 2. The molecule has 0 saturated carbocycles. The lowest BCUT2D eigenvalue weighted by molar-refractivity contribution is 0.513. The van der Waals surface area contributed by atoms with E-state index in [1.165, 1.54) is 53.6 Å². The Hall–Kier alpha value is -3.60. The van der Waals surface area contributed by atoms with Crippen LogP contribution in [-0.4, -0.2) is 22.1 Å². The highest BCUT2D eigenvalue weighted by Crippen LogP contribution is 2.22. The van der Waals surface area contributed by atoms with Gasteiger partial charge in [0, 0.05) is 26.7 Å². The summed E-state index contributed by atoms with van der Waals surface area (Å²) in [5.74, 6) is -0.525. The first-order valence-corrected chi connectivity index (χ1v) is 10.5. The molecule has 11 heteroatoms. The van der Waals surface area contributed by atoms with Crippen LogP contribution in [-0.2, 0) is 30.7 Å². The van der Waals surface area contributed by atoms with Gasteiger partial charge in [-0.05, 0) is 37.3 Å². The maximum atomic E-state index is 12.9. The fraction of sp³-hybridized carbons (Fsp3) is 0.211. The normalized spacial score (nSPS) is 12.0. The Kier molecular flexibility index (Phi) is 4.42. The topological polar surface area (TPSA) is 125 Å². The van der Waals surface area contributed by atoms with Crippen molar-refractivity contribution in [3.63, 3.8) is 0 Å². The third-order valence-electron chi connectivity index (χ3n) is 4.99. The molecule has 2 heterocycles. The van der Waals surface area contributed by atoms with Crippen LogP contribution in [0.15, 0.2) is 60.1 Å². The summed E-state index contributed by atoms with van der Waals surface area (Å²) in [6.07, 6.45) is 0. The van der Waals surface area contributed by atoms with Crippen LogP contribution < -0.4 is 21.7 Å². The van der Waals surface area contributed by atoms with Crippen molar-refractivity contribution in [2.75, 3.05) is 4.72 Å². The molecular formula is C19H18N4O6S. The first kappa shape index (κ1) is 19.7. The van der Waals surface area contributed by atoms with Crippen molar-refractivity contribution < 1.29 is 12.8 Å². The average Bonchev–Trinajstić information content (AvgIpc) is 3.03. The number of fused-ring (bicyclic) bond motifs is 2. The van der Waals surface area contributed by atoms with E-state index in [1.807, 2.05) is 0 Å². The first-order valence-electron chi connectivity index (χ1n) is 9.00. The van der Waals surface area contributed by atoms with Crippen molar-refractivity contribution in [3.05, 3.63) is 67.8 Å². The van der Waals surface area contributed by atoms with E-state index in [0.717, 1.165) is 4.57 Å². The maximum Gasteiger partial charge on any atom is 0.419 e. The molecule has 0 amide bonds. The van der Waals surface area contributed by atoms with Crippen LogP contribution in [0.5, 0.6) is 0 Å². The molecule has 0 bridgehead atoms. The van der Waals surface area contributed by atoms with E-state index in [4.69, 9.17) is 4.42 Å². The number of sulfonamides is 1. The second-order valence-corrected chi connectivity index (χ2v) is 8.47. The van der Waals surface area contributed by atoms with Crippen LogP contribution >= 0.6 is 0 Å². The van der Waals surface area contributed by atoms with Gasteiger partial charge in [-0.2, -0.15) is 0 Å². The summed E-state index contributed by atoms with van der Waals surface area (Å²) in [5.41, 5.74) is 0.244. The van der Waals surface area contributed by atoms with Gasteiger partial charge in [-0.1, -0.05) is 0 Å². The molecule has 0 saturated heterocycles. The number of aromatic nitrogens is 3. The molecule has 4 aromatic rings. The summed E-state index contributed by atoms with van der Waals surface area (Å²) in [6, 6.07) is 8.49. The minimum absolute atomic E-state index is 0.101. The summed E-state index contributed by atoms with van der Waals surface area (Å²) in [6.45, 7) is 2.22. The Morgan fingerprint density at radius 2 is 1.67 bits per heavy atom. The highest BCUT2D eigenvalue weighted by molar-refractivity contribution is 7.92. The number of hydrogen-bond acceptors (Lipinski definition) is 6. The summed E-state index contributed by atoms with van der Waals surface area (Å²) in [5, 5.41) is 0.101. The summed E-state index contributed by atoms with van der Waals surface area (Å²) in [7, 11) is -1.22.